The van der Waals surface area contributed by atoms with Crippen molar-refractivity contribution in [2.45, 2.75) is 37.1 Å². The van der Waals surface area contributed by atoms with E-state index >= 15 is 0 Å². The number of carboxylic acids is 1. The molecule has 3 aromatic rings. The first kappa shape index (κ1) is 26.7. The van der Waals surface area contributed by atoms with Crippen LogP contribution >= 0.6 is 0 Å². The molecule has 14 heteroatoms. The van der Waals surface area contributed by atoms with Gasteiger partial charge < -0.3 is 54.4 Å². The summed E-state index contributed by atoms with van der Waals surface area (Å²) in [6.07, 6.45) is -8.33. The predicted molar refractivity (Wildman–Crippen MR) is 123 cm³/mol. The van der Waals surface area contributed by atoms with E-state index in [1.165, 1.54) is 18.2 Å². The Balaban J connectivity index is 1.58. The lowest BCUT2D eigenvalue weighted by Crippen LogP contribution is -2.60. The highest BCUT2D eigenvalue weighted by Gasteiger charge is 2.45. The van der Waals surface area contributed by atoms with Gasteiger partial charge in [0.1, 0.15) is 77.7 Å². The molecule has 0 aliphatic carbocycles. The van der Waals surface area contributed by atoms with Crippen LogP contribution < -0.4 is 10.2 Å². The number of esters is 1. The van der Waals surface area contributed by atoms with Crippen LogP contribution in [0.3, 0.4) is 0 Å². The monoisotopic (exact) mass is 534 g/mol. The molecule has 0 amide bonds. The Morgan fingerprint density at radius 1 is 0.921 bits per heavy atom. The van der Waals surface area contributed by atoms with E-state index in [2.05, 4.69) is 0 Å². The fraction of sp³-hybridized carbons (Fsp3) is 0.292. The maximum Gasteiger partial charge on any atom is 0.317 e. The lowest BCUT2D eigenvalue weighted by molar-refractivity contribution is -0.278. The number of aliphatic carboxylic acids is 1. The Labute approximate surface area is 212 Å². The van der Waals surface area contributed by atoms with E-state index in [1.807, 2.05) is 0 Å². The van der Waals surface area contributed by atoms with Crippen LogP contribution in [0.15, 0.2) is 45.8 Å². The maximum atomic E-state index is 13.0. The molecule has 1 fully saturated rings. The fourth-order valence-corrected chi connectivity index (χ4v) is 3.84. The van der Waals surface area contributed by atoms with Gasteiger partial charge in [-0.05, 0) is 12.1 Å². The lowest BCUT2D eigenvalue weighted by Gasteiger charge is -2.39. The van der Waals surface area contributed by atoms with Crippen molar-refractivity contribution < 1.29 is 64.0 Å². The number of hydrogen-bond acceptors (Lipinski definition) is 13. The number of carbonyl (C=O) groups is 2. The summed E-state index contributed by atoms with van der Waals surface area (Å²) in [4.78, 5) is 35.1. The molecule has 2 aromatic carbocycles. The van der Waals surface area contributed by atoms with Gasteiger partial charge in [0.05, 0.1) is 5.56 Å². The molecule has 1 aliphatic rings. The van der Waals surface area contributed by atoms with Crippen LogP contribution in [-0.2, 0) is 19.1 Å². The van der Waals surface area contributed by atoms with Crippen LogP contribution in [0.1, 0.15) is 6.42 Å². The number of phenolic OH excluding ortho intramolecular Hbond substituents is 3. The largest absolute Gasteiger partial charge is 0.508 e. The van der Waals surface area contributed by atoms with Crippen molar-refractivity contribution in [3.8, 4) is 34.1 Å². The molecule has 7 N–H and O–H groups in total. The third kappa shape index (κ3) is 5.33. The summed E-state index contributed by atoms with van der Waals surface area (Å²) in [6.45, 7) is -0.665. The van der Waals surface area contributed by atoms with Crippen molar-refractivity contribution in [3.05, 3.63) is 46.8 Å². The highest BCUT2D eigenvalue weighted by molar-refractivity contribution is 5.90. The van der Waals surface area contributed by atoms with E-state index in [0.29, 0.717) is 0 Å². The van der Waals surface area contributed by atoms with Gasteiger partial charge in [-0.15, -0.1) is 0 Å². The predicted octanol–water partition coefficient (Wildman–Crippen LogP) is -0.219. The van der Waals surface area contributed by atoms with Crippen molar-refractivity contribution in [1.29, 1.82) is 0 Å². The molecule has 2 heterocycles. The molecule has 1 aromatic heterocycles. The van der Waals surface area contributed by atoms with Crippen LogP contribution in [0.5, 0.6) is 23.0 Å². The first-order chi connectivity index (χ1) is 18.0. The second kappa shape index (κ2) is 10.5. The number of carbonyl (C=O) groups excluding carboxylic acids is 1. The van der Waals surface area contributed by atoms with Crippen molar-refractivity contribution in [3.63, 3.8) is 0 Å². The van der Waals surface area contributed by atoms with Gasteiger partial charge in [-0.3, -0.25) is 14.4 Å². The van der Waals surface area contributed by atoms with E-state index < -0.39 is 72.6 Å². The van der Waals surface area contributed by atoms with Gasteiger partial charge >= 0.3 is 11.9 Å². The number of aliphatic hydroxyl groups is 3. The summed E-state index contributed by atoms with van der Waals surface area (Å²) in [6, 6.07) is 5.73. The van der Waals surface area contributed by atoms with E-state index in [-0.39, 0.29) is 33.6 Å². The molecular weight excluding hydrogens is 512 g/mol. The SMILES string of the molecule is O=C(O)CC(=O)OCC1OC(Oc2cc(O)c3c(=O)c(-c4ccc(O)cc4O)coc3c2)C(O)C(O)C1O. The smallest absolute Gasteiger partial charge is 0.317 e. The second-order valence-electron chi connectivity index (χ2n) is 8.38. The summed E-state index contributed by atoms with van der Waals surface area (Å²) >= 11 is 0. The minimum atomic E-state index is -1.82. The van der Waals surface area contributed by atoms with Crippen LogP contribution in [0, 0.1) is 0 Å². The quantitative estimate of drug-likeness (QED) is 0.153. The van der Waals surface area contributed by atoms with Crippen molar-refractivity contribution in [1.82, 2.24) is 0 Å². The molecule has 5 atom stereocenters. The molecule has 1 saturated heterocycles. The van der Waals surface area contributed by atoms with Gasteiger partial charge in [0, 0.05) is 23.8 Å². The third-order valence-electron chi connectivity index (χ3n) is 5.73. The van der Waals surface area contributed by atoms with Crippen molar-refractivity contribution in [2.24, 2.45) is 0 Å². The molecule has 0 bridgehead atoms. The molecule has 4 rings (SSSR count). The Bertz CT molecular complexity index is 1430. The fourth-order valence-electron chi connectivity index (χ4n) is 3.84. The number of phenols is 3. The standard InChI is InChI=1S/C24H22O14/c25-9-1-2-11(13(26)3-9)12-7-35-15-5-10(4-14(27)19(15)20(12)31)37-24-23(34)22(33)21(32)16(38-24)8-36-18(30)6-17(28)29/h1-5,7,16,21-27,32-34H,6,8H2,(H,28,29). The summed E-state index contributed by atoms with van der Waals surface area (Å²) in [5, 5.41) is 69.0. The third-order valence-corrected chi connectivity index (χ3v) is 5.73. The first-order valence-corrected chi connectivity index (χ1v) is 11.0. The van der Waals surface area contributed by atoms with Crippen LogP contribution in [0.25, 0.3) is 22.1 Å². The molecule has 0 saturated carbocycles. The lowest BCUT2D eigenvalue weighted by atomic mass is 9.99. The number of aromatic hydroxyl groups is 3. The number of rotatable bonds is 7. The highest BCUT2D eigenvalue weighted by atomic mass is 16.7. The summed E-state index contributed by atoms with van der Waals surface area (Å²) in [5.41, 5.74) is -0.939. The van der Waals surface area contributed by atoms with Gasteiger partial charge in [-0.25, -0.2) is 0 Å². The van der Waals surface area contributed by atoms with Gasteiger partial charge in [-0.2, -0.15) is 0 Å². The average molecular weight is 534 g/mol. The Morgan fingerprint density at radius 2 is 1.66 bits per heavy atom. The van der Waals surface area contributed by atoms with Crippen LogP contribution in [0.2, 0.25) is 0 Å². The van der Waals surface area contributed by atoms with E-state index in [0.717, 1.165) is 18.4 Å². The van der Waals surface area contributed by atoms with E-state index in [1.54, 1.807) is 0 Å². The number of carboxylic acid groups (broad SMARTS) is 1. The minimum absolute atomic E-state index is 0.0412. The zero-order valence-electron chi connectivity index (χ0n) is 19.3. The molecule has 1 aliphatic heterocycles. The molecule has 0 radical (unpaired) electrons. The van der Waals surface area contributed by atoms with Crippen molar-refractivity contribution in [2.75, 3.05) is 6.61 Å². The topological polar surface area (TPSA) is 234 Å². The maximum absolute atomic E-state index is 13.0. The Hall–Kier alpha value is -4.37. The van der Waals surface area contributed by atoms with Gasteiger partial charge in [0.2, 0.25) is 11.7 Å². The normalized spacial score (nSPS) is 23.2. The minimum Gasteiger partial charge on any atom is -0.508 e. The number of aliphatic hydroxyl groups excluding tert-OH is 3. The Morgan fingerprint density at radius 3 is 2.34 bits per heavy atom. The number of ether oxygens (including phenoxy) is 3. The number of benzene rings is 2. The molecular formula is C24H22O14. The number of hydrogen-bond donors (Lipinski definition) is 7. The highest BCUT2D eigenvalue weighted by Crippen LogP contribution is 2.35. The zero-order chi connectivity index (χ0) is 27.7. The Kier molecular flexibility index (Phi) is 7.41. The first-order valence-electron chi connectivity index (χ1n) is 11.0. The molecule has 0 spiro atoms. The average Bonchev–Trinajstić information content (AvgIpc) is 2.84. The molecule has 202 valence electrons. The molecule has 14 nitrogen and oxygen atoms in total. The van der Waals surface area contributed by atoms with Gasteiger partial charge in [-0.1, -0.05) is 0 Å². The summed E-state index contributed by atoms with van der Waals surface area (Å²) in [7, 11) is 0. The zero-order valence-corrected chi connectivity index (χ0v) is 19.3. The van der Waals surface area contributed by atoms with Gasteiger partial charge in [0.25, 0.3) is 0 Å². The summed E-state index contributed by atoms with van der Waals surface area (Å²) < 4.78 is 21.1. The van der Waals surface area contributed by atoms with Gasteiger partial charge in [0.15, 0.2) is 0 Å². The van der Waals surface area contributed by atoms with Crippen LogP contribution in [-0.4, -0.2) is 85.0 Å². The van der Waals surface area contributed by atoms with E-state index in [9.17, 15) is 45.0 Å². The van der Waals surface area contributed by atoms with Crippen molar-refractivity contribution >= 4 is 22.9 Å². The summed E-state index contributed by atoms with van der Waals surface area (Å²) in [5.74, 6) is -3.98. The van der Waals surface area contributed by atoms with Crippen LogP contribution in [0.4, 0.5) is 0 Å². The second-order valence-corrected chi connectivity index (χ2v) is 8.38. The molecule has 38 heavy (non-hydrogen) atoms. The van der Waals surface area contributed by atoms with E-state index in [4.69, 9.17) is 23.7 Å². The molecule has 5 unspecified atom stereocenters. The number of fused-ring (bicyclic) bond motifs is 1.